The number of nitrogens with zero attached hydrogens (tertiary/aromatic N) is 2. The largest absolute Gasteiger partial charge is 0.459 e. The van der Waals surface area contributed by atoms with Crippen molar-refractivity contribution >= 4 is 40.6 Å². The minimum Gasteiger partial charge on any atom is -0.459 e. The van der Waals surface area contributed by atoms with Crippen LogP contribution in [0.15, 0.2) is 36.4 Å². The number of fused-ring (bicyclic) bond motifs is 1. The van der Waals surface area contributed by atoms with Crippen molar-refractivity contribution in [1.29, 1.82) is 0 Å². The third-order valence-corrected chi connectivity index (χ3v) is 5.52. The zero-order valence-electron chi connectivity index (χ0n) is 17.0. The predicted octanol–water partition coefficient (Wildman–Crippen LogP) is 3.90. The number of benzene rings is 1. The zero-order valence-corrected chi connectivity index (χ0v) is 17.7. The predicted molar refractivity (Wildman–Crippen MR) is 114 cm³/mol. The Labute approximate surface area is 175 Å². The van der Waals surface area contributed by atoms with Crippen LogP contribution < -0.4 is 20.3 Å². The van der Waals surface area contributed by atoms with Crippen molar-refractivity contribution < 1.29 is 14.3 Å². The summed E-state index contributed by atoms with van der Waals surface area (Å²) in [5.41, 5.74) is 0.174. The summed E-state index contributed by atoms with van der Waals surface area (Å²) in [6.07, 6.45) is 0.974. The van der Waals surface area contributed by atoms with Crippen molar-refractivity contribution in [1.82, 2.24) is 10.3 Å². The standard InChI is InChI=1S/C21H25ClN4O3/c1-5-21(6-2)20(28)26(15-9-7-14(22)8-10-15)16-11-12-17(25-19(16)29-21)24-18(27)13(3)23-4/h7-13,23H,5-6H2,1-4H3,(H,24,25,27)/t13-/m1/s1. The van der Waals surface area contributed by atoms with E-state index < -0.39 is 5.60 Å². The van der Waals surface area contributed by atoms with Crippen molar-refractivity contribution in [3.63, 3.8) is 0 Å². The molecule has 1 aliphatic rings. The molecule has 0 bridgehead atoms. The Morgan fingerprint density at radius 2 is 1.86 bits per heavy atom. The lowest BCUT2D eigenvalue weighted by molar-refractivity contribution is -0.135. The normalized spacial score (nSPS) is 16.0. The monoisotopic (exact) mass is 416 g/mol. The second kappa shape index (κ2) is 8.39. The molecule has 0 radical (unpaired) electrons. The van der Waals surface area contributed by atoms with Gasteiger partial charge in [-0.2, -0.15) is 4.98 Å². The van der Waals surface area contributed by atoms with E-state index in [4.69, 9.17) is 16.3 Å². The Morgan fingerprint density at radius 1 is 1.21 bits per heavy atom. The lowest BCUT2D eigenvalue weighted by Crippen LogP contribution is -2.54. The van der Waals surface area contributed by atoms with Crippen LogP contribution in [0.3, 0.4) is 0 Å². The van der Waals surface area contributed by atoms with Crippen molar-refractivity contribution in [2.24, 2.45) is 0 Å². The number of hydrogen-bond donors (Lipinski definition) is 2. The summed E-state index contributed by atoms with van der Waals surface area (Å²) in [5.74, 6) is 0.305. The van der Waals surface area contributed by atoms with Crippen LogP contribution in [-0.2, 0) is 9.59 Å². The maximum absolute atomic E-state index is 13.4. The number of pyridine rings is 1. The Hall–Kier alpha value is -2.64. The van der Waals surface area contributed by atoms with Gasteiger partial charge in [0.1, 0.15) is 11.5 Å². The molecule has 2 amide bonds. The summed E-state index contributed by atoms with van der Waals surface area (Å²) in [4.78, 5) is 31.7. The molecule has 3 rings (SSSR count). The van der Waals surface area contributed by atoms with E-state index >= 15 is 0 Å². The average Bonchev–Trinajstić information content (AvgIpc) is 2.73. The Bertz CT molecular complexity index is 913. The van der Waals surface area contributed by atoms with Gasteiger partial charge in [-0.25, -0.2) is 0 Å². The number of likely N-dealkylation sites (N-methyl/N-ethyl adjacent to an activating group) is 1. The first-order chi connectivity index (χ1) is 13.8. The molecule has 0 saturated heterocycles. The number of carbonyl (C=O) groups excluding carboxylic acids is 2. The molecule has 1 atom stereocenters. The van der Waals surface area contributed by atoms with Crippen molar-refractivity contribution in [3.8, 4) is 5.88 Å². The molecule has 8 heteroatoms. The number of halogens is 1. The summed E-state index contributed by atoms with van der Waals surface area (Å²) in [6, 6.07) is 10.1. The van der Waals surface area contributed by atoms with Crippen LogP contribution in [0.5, 0.6) is 5.88 Å². The number of ether oxygens (including phenoxy) is 1. The zero-order chi connectivity index (χ0) is 21.2. The summed E-state index contributed by atoms with van der Waals surface area (Å²) in [6.45, 7) is 5.57. The van der Waals surface area contributed by atoms with Gasteiger partial charge in [0.15, 0.2) is 5.60 Å². The highest BCUT2D eigenvalue weighted by atomic mass is 35.5. The van der Waals surface area contributed by atoms with Crippen LogP contribution in [0.4, 0.5) is 17.2 Å². The Kier molecular flexibility index (Phi) is 6.10. The third-order valence-electron chi connectivity index (χ3n) is 5.27. The Balaban J connectivity index is 2.06. The van der Waals surface area contributed by atoms with Gasteiger partial charge in [0.05, 0.1) is 6.04 Å². The maximum Gasteiger partial charge on any atom is 0.275 e. The highest BCUT2D eigenvalue weighted by Crippen LogP contribution is 2.43. The lowest BCUT2D eigenvalue weighted by atomic mass is 9.93. The maximum atomic E-state index is 13.4. The molecule has 0 unspecified atom stereocenters. The van der Waals surface area contributed by atoms with Gasteiger partial charge in [-0.15, -0.1) is 0 Å². The van der Waals surface area contributed by atoms with Gasteiger partial charge in [0.2, 0.25) is 11.8 Å². The molecule has 7 nitrogen and oxygen atoms in total. The van der Waals surface area contributed by atoms with E-state index in [0.29, 0.717) is 40.9 Å². The first kappa shape index (κ1) is 21.1. The first-order valence-corrected chi connectivity index (χ1v) is 10.0. The highest BCUT2D eigenvalue weighted by Gasteiger charge is 2.47. The molecule has 2 aromatic rings. The van der Waals surface area contributed by atoms with Crippen LogP contribution in [-0.4, -0.2) is 35.5 Å². The first-order valence-electron chi connectivity index (χ1n) is 9.63. The Morgan fingerprint density at radius 3 is 2.45 bits per heavy atom. The second-order valence-electron chi connectivity index (χ2n) is 6.94. The smallest absolute Gasteiger partial charge is 0.275 e. The van der Waals surface area contributed by atoms with E-state index in [-0.39, 0.29) is 17.9 Å². The minimum atomic E-state index is -1.03. The van der Waals surface area contributed by atoms with E-state index in [1.807, 2.05) is 13.8 Å². The van der Waals surface area contributed by atoms with E-state index in [1.165, 1.54) is 0 Å². The topological polar surface area (TPSA) is 83.6 Å². The fourth-order valence-corrected chi connectivity index (χ4v) is 3.32. The van der Waals surface area contributed by atoms with Crippen LogP contribution in [0, 0.1) is 0 Å². The van der Waals surface area contributed by atoms with Gasteiger partial charge in [-0.1, -0.05) is 25.4 Å². The van der Waals surface area contributed by atoms with Crippen LogP contribution >= 0.6 is 11.6 Å². The highest BCUT2D eigenvalue weighted by molar-refractivity contribution is 6.30. The van der Waals surface area contributed by atoms with Crippen molar-refractivity contribution in [2.75, 3.05) is 17.3 Å². The molecule has 2 heterocycles. The van der Waals surface area contributed by atoms with E-state index in [2.05, 4.69) is 15.6 Å². The average molecular weight is 417 g/mol. The van der Waals surface area contributed by atoms with Gasteiger partial charge in [-0.05, 0) is 63.2 Å². The number of rotatable bonds is 6. The van der Waals surface area contributed by atoms with Gasteiger partial charge in [0, 0.05) is 10.7 Å². The number of carbonyl (C=O) groups is 2. The molecular formula is C21H25ClN4O3. The number of hydrogen-bond acceptors (Lipinski definition) is 5. The molecule has 1 aliphatic heterocycles. The second-order valence-corrected chi connectivity index (χ2v) is 7.38. The molecule has 154 valence electrons. The number of anilines is 3. The number of amides is 2. The number of aromatic nitrogens is 1. The molecular weight excluding hydrogens is 392 g/mol. The summed E-state index contributed by atoms with van der Waals surface area (Å²) in [7, 11) is 1.71. The summed E-state index contributed by atoms with van der Waals surface area (Å²) >= 11 is 6.02. The minimum absolute atomic E-state index is 0.153. The van der Waals surface area contributed by atoms with E-state index in [1.54, 1.807) is 55.3 Å². The fraction of sp³-hybridized carbons (Fsp3) is 0.381. The van der Waals surface area contributed by atoms with Crippen LogP contribution in [0.25, 0.3) is 0 Å². The van der Waals surface area contributed by atoms with Gasteiger partial charge in [-0.3, -0.25) is 14.5 Å². The van der Waals surface area contributed by atoms with Gasteiger partial charge in [0.25, 0.3) is 5.91 Å². The van der Waals surface area contributed by atoms with Crippen molar-refractivity contribution in [3.05, 3.63) is 41.4 Å². The lowest BCUT2D eigenvalue weighted by Gasteiger charge is -2.41. The molecule has 1 aromatic heterocycles. The molecule has 0 spiro atoms. The summed E-state index contributed by atoms with van der Waals surface area (Å²) in [5, 5.41) is 6.23. The SMILES string of the molecule is CCC1(CC)Oc2nc(NC(=O)[C@@H](C)NC)ccc2N(c2ccc(Cl)cc2)C1=O. The fourth-order valence-electron chi connectivity index (χ4n) is 3.20. The van der Waals surface area contributed by atoms with Crippen LogP contribution in [0.2, 0.25) is 5.02 Å². The van der Waals surface area contributed by atoms with E-state index in [9.17, 15) is 9.59 Å². The summed E-state index contributed by atoms with van der Waals surface area (Å²) < 4.78 is 6.12. The molecule has 0 saturated carbocycles. The molecule has 2 N–H and O–H groups in total. The number of nitrogens with one attached hydrogen (secondary N) is 2. The van der Waals surface area contributed by atoms with Crippen molar-refractivity contribution in [2.45, 2.75) is 45.3 Å². The van der Waals surface area contributed by atoms with Crippen LogP contribution in [0.1, 0.15) is 33.6 Å². The third kappa shape index (κ3) is 3.93. The molecule has 0 fully saturated rings. The van der Waals surface area contributed by atoms with Gasteiger partial charge < -0.3 is 15.4 Å². The van der Waals surface area contributed by atoms with Gasteiger partial charge >= 0.3 is 0 Å². The molecule has 1 aromatic carbocycles. The molecule has 29 heavy (non-hydrogen) atoms. The van der Waals surface area contributed by atoms with E-state index in [0.717, 1.165) is 0 Å². The molecule has 0 aliphatic carbocycles. The quantitative estimate of drug-likeness (QED) is 0.746.